The summed E-state index contributed by atoms with van der Waals surface area (Å²) in [6.07, 6.45) is 0. The number of ether oxygens (including phenoxy) is 1. The van der Waals surface area contributed by atoms with Crippen LogP contribution in [0.25, 0.3) is 22.0 Å². The number of aromatic nitrogens is 1. The SMILES string of the molecule is CCOc1ccc2cc(-c3ccc(F)c(CN[C@@H](CO)C(C)C)n3)ccc2c1. The van der Waals surface area contributed by atoms with E-state index in [0.29, 0.717) is 12.3 Å². The van der Waals surface area contributed by atoms with Gasteiger partial charge in [-0.05, 0) is 53.9 Å². The lowest BCUT2D eigenvalue weighted by atomic mass is 10.0. The molecule has 3 rings (SSSR count). The lowest BCUT2D eigenvalue weighted by Gasteiger charge is -2.20. The first kappa shape index (κ1) is 20.2. The number of halogens is 1. The van der Waals surface area contributed by atoms with E-state index in [1.54, 1.807) is 6.07 Å². The molecule has 5 heteroatoms. The Morgan fingerprint density at radius 3 is 2.54 bits per heavy atom. The number of nitrogens with one attached hydrogen (secondary N) is 1. The van der Waals surface area contributed by atoms with Crippen LogP contribution >= 0.6 is 0 Å². The third-order valence-corrected chi connectivity index (χ3v) is 4.87. The van der Waals surface area contributed by atoms with Crippen LogP contribution in [0, 0.1) is 11.7 Å². The Kier molecular flexibility index (Phi) is 6.60. The van der Waals surface area contributed by atoms with E-state index in [-0.39, 0.29) is 30.9 Å². The average molecular weight is 382 g/mol. The number of benzene rings is 2. The Balaban J connectivity index is 1.86. The third kappa shape index (κ3) is 4.66. The van der Waals surface area contributed by atoms with E-state index >= 15 is 0 Å². The van der Waals surface area contributed by atoms with Crippen molar-refractivity contribution in [2.45, 2.75) is 33.4 Å². The fourth-order valence-electron chi connectivity index (χ4n) is 3.15. The van der Waals surface area contributed by atoms with Crippen LogP contribution in [0.1, 0.15) is 26.5 Å². The lowest BCUT2D eigenvalue weighted by molar-refractivity contribution is 0.209. The lowest BCUT2D eigenvalue weighted by Crippen LogP contribution is -2.36. The zero-order valence-electron chi connectivity index (χ0n) is 16.6. The largest absolute Gasteiger partial charge is 0.494 e. The fraction of sp³-hybridized carbons (Fsp3) is 0.348. The maximum absolute atomic E-state index is 14.2. The minimum absolute atomic E-state index is 0.00733. The van der Waals surface area contributed by atoms with Gasteiger partial charge in [-0.1, -0.05) is 32.0 Å². The number of nitrogens with zero attached hydrogens (tertiary/aromatic N) is 1. The van der Waals surface area contributed by atoms with Gasteiger partial charge in [-0.3, -0.25) is 0 Å². The second-order valence-electron chi connectivity index (χ2n) is 7.20. The molecule has 0 saturated carbocycles. The number of rotatable bonds is 8. The van der Waals surface area contributed by atoms with Gasteiger partial charge in [-0.15, -0.1) is 0 Å². The minimum Gasteiger partial charge on any atom is -0.494 e. The van der Waals surface area contributed by atoms with Crippen LogP contribution < -0.4 is 10.1 Å². The van der Waals surface area contributed by atoms with Crippen molar-refractivity contribution in [1.82, 2.24) is 10.3 Å². The van der Waals surface area contributed by atoms with Crippen LogP contribution in [0.3, 0.4) is 0 Å². The zero-order valence-corrected chi connectivity index (χ0v) is 16.6. The standard InChI is InChI=1S/C23H27FN2O2/c1-4-28-19-8-7-16-11-18(6-5-17(16)12-19)21-10-9-20(24)22(26-21)13-25-23(14-27)15(2)3/h5-12,15,23,25,27H,4,13-14H2,1-3H3/t23-/m0/s1. The van der Waals surface area contributed by atoms with Crippen molar-refractivity contribution in [3.8, 4) is 17.0 Å². The Morgan fingerprint density at radius 2 is 1.82 bits per heavy atom. The van der Waals surface area contributed by atoms with E-state index < -0.39 is 0 Å². The summed E-state index contributed by atoms with van der Waals surface area (Å²) in [6.45, 7) is 6.90. The van der Waals surface area contributed by atoms with Gasteiger partial charge in [0.15, 0.2) is 0 Å². The molecule has 1 heterocycles. The second kappa shape index (κ2) is 9.13. The van der Waals surface area contributed by atoms with Crippen molar-refractivity contribution in [1.29, 1.82) is 0 Å². The number of pyridine rings is 1. The van der Waals surface area contributed by atoms with E-state index in [1.165, 1.54) is 6.07 Å². The Bertz CT molecular complexity index is 943. The van der Waals surface area contributed by atoms with E-state index in [2.05, 4.69) is 10.3 Å². The highest BCUT2D eigenvalue weighted by Gasteiger charge is 2.14. The molecule has 4 nitrogen and oxygen atoms in total. The maximum Gasteiger partial charge on any atom is 0.146 e. The highest BCUT2D eigenvalue weighted by Crippen LogP contribution is 2.27. The number of aliphatic hydroxyl groups is 1. The summed E-state index contributed by atoms with van der Waals surface area (Å²) in [5, 5.41) is 14.8. The molecule has 148 valence electrons. The van der Waals surface area contributed by atoms with E-state index in [9.17, 15) is 9.50 Å². The van der Waals surface area contributed by atoms with E-state index in [1.807, 2.05) is 57.2 Å². The summed E-state index contributed by atoms with van der Waals surface area (Å²) in [6, 6.07) is 15.1. The molecule has 0 aliphatic heterocycles. The molecule has 0 bridgehead atoms. The van der Waals surface area contributed by atoms with Crippen LogP contribution in [0.5, 0.6) is 5.75 Å². The summed E-state index contributed by atoms with van der Waals surface area (Å²) in [5.74, 6) is 0.747. The first-order valence-electron chi connectivity index (χ1n) is 9.68. The normalized spacial score (nSPS) is 12.5. The molecule has 0 amide bonds. The zero-order chi connectivity index (χ0) is 20.1. The summed E-state index contributed by atoms with van der Waals surface area (Å²) in [7, 11) is 0. The molecule has 0 fully saturated rings. The smallest absolute Gasteiger partial charge is 0.146 e. The van der Waals surface area contributed by atoms with Crippen LogP contribution in [0.2, 0.25) is 0 Å². The second-order valence-corrected chi connectivity index (χ2v) is 7.20. The van der Waals surface area contributed by atoms with Crippen LogP contribution in [-0.4, -0.2) is 29.3 Å². The van der Waals surface area contributed by atoms with Crippen LogP contribution in [0.4, 0.5) is 4.39 Å². The van der Waals surface area contributed by atoms with Gasteiger partial charge in [0.2, 0.25) is 0 Å². The van der Waals surface area contributed by atoms with Crippen molar-refractivity contribution in [3.63, 3.8) is 0 Å². The fourth-order valence-corrected chi connectivity index (χ4v) is 3.15. The minimum atomic E-state index is -0.348. The summed E-state index contributed by atoms with van der Waals surface area (Å²) in [4.78, 5) is 4.52. The molecule has 0 saturated heterocycles. The van der Waals surface area contributed by atoms with E-state index in [4.69, 9.17) is 4.74 Å². The molecule has 0 radical (unpaired) electrons. The van der Waals surface area contributed by atoms with Gasteiger partial charge in [0.25, 0.3) is 0 Å². The molecule has 1 aromatic heterocycles. The van der Waals surface area contributed by atoms with Gasteiger partial charge in [0.05, 0.1) is 24.6 Å². The number of hydrogen-bond donors (Lipinski definition) is 2. The summed E-state index contributed by atoms with van der Waals surface area (Å²) >= 11 is 0. The first-order chi connectivity index (χ1) is 13.5. The number of aliphatic hydroxyl groups excluding tert-OH is 1. The maximum atomic E-state index is 14.2. The summed E-state index contributed by atoms with van der Waals surface area (Å²) < 4.78 is 19.8. The monoisotopic (exact) mass is 382 g/mol. The Labute approximate surface area is 165 Å². The van der Waals surface area contributed by atoms with Gasteiger partial charge in [-0.25, -0.2) is 9.37 Å². The van der Waals surface area contributed by atoms with Crippen LogP contribution in [-0.2, 0) is 6.54 Å². The molecule has 2 aromatic carbocycles. The topological polar surface area (TPSA) is 54.4 Å². The van der Waals surface area contributed by atoms with Gasteiger partial charge >= 0.3 is 0 Å². The predicted molar refractivity (Wildman–Crippen MR) is 111 cm³/mol. The molecule has 2 N–H and O–H groups in total. The van der Waals surface area contributed by atoms with Crippen molar-refractivity contribution in [3.05, 3.63) is 60.0 Å². The molecule has 0 aliphatic carbocycles. The van der Waals surface area contributed by atoms with Gasteiger partial charge in [0.1, 0.15) is 11.6 Å². The molecule has 0 unspecified atom stereocenters. The highest BCUT2D eigenvalue weighted by molar-refractivity contribution is 5.87. The van der Waals surface area contributed by atoms with Crippen molar-refractivity contribution >= 4 is 10.8 Å². The average Bonchev–Trinajstić information content (AvgIpc) is 2.69. The van der Waals surface area contributed by atoms with Gasteiger partial charge in [0, 0.05) is 18.2 Å². The Hall–Kier alpha value is -2.50. The van der Waals surface area contributed by atoms with Gasteiger partial charge in [-0.2, -0.15) is 0 Å². The molecule has 28 heavy (non-hydrogen) atoms. The number of hydrogen-bond acceptors (Lipinski definition) is 4. The molecule has 0 spiro atoms. The molecular formula is C23H27FN2O2. The number of fused-ring (bicyclic) bond motifs is 1. The molecule has 1 atom stereocenters. The van der Waals surface area contributed by atoms with Gasteiger partial charge < -0.3 is 15.2 Å². The molecular weight excluding hydrogens is 355 g/mol. The quantitative estimate of drug-likeness (QED) is 0.600. The molecule has 0 aliphatic rings. The van der Waals surface area contributed by atoms with E-state index in [0.717, 1.165) is 27.8 Å². The Morgan fingerprint density at radius 1 is 1.07 bits per heavy atom. The van der Waals surface area contributed by atoms with Crippen molar-refractivity contribution in [2.24, 2.45) is 5.92 Å². The highest BCUT2D eigenvalue weighted by atomic mass is 19.1. The predicted octanol–water partition coefficient (Wildman–Crippen LogP) is 4.55. The third-order valence-electron chi connectivity index (χ3n) is 4.87. The summed E-state index contributed by atoms with van der Waals surface area (Å²) in [5.41, 5.74) is 2.00. The molecule has 3 aromatic rings. The van der Waals surface area contributed by atoms with Crippen LogP contribution in [0.15, 0.2) is 48.5 Å². The van der Waals surface area contributed by atoms with Crippen molar-refractivity contribution in [2.75, 3.05) is 13.2 Å². The van der Waals surface area contributed by atoms with Crippen molar-refractivity contribution < 1.29 is 14.2 Å². The first-order valence-corrected chi connectivity index (χ1v) is 9.68.